The Kier molecular flexibility index (Phi) is 6.23. The number of aromatic nitrogens is 3. The Balaban J connectivity index is 1.90. The Labute approximate surface area is 171 Å². The number of amides is 1. The molecule has 0 spiro atoms. The first kappa shape index (κ1) is 21.5. The first-order valence-electron chi connectivity index (χ1n) is 9.45. The zero-order valence-corrected chi connectivity index (χ0v) is 16.5. The summed E-state index contributed by atoms with van der Waals surface area (Å²) in [6.45, 7) is 4.45. The van der Waals surface area contributed by atoms with Crippen LogP contribution in [0, 0.1) is 0 Å². The van der Waals surface area contributed by atoms with Gasteiger partial charge in [0.05, 0.1) is 11.7 Å². The highest BCUT2D eigenvalue weighted by atomic mass is 19.4. The van der Waals surface area contributed by atoms with Gasteiger partial charge in [0.2, 0.25) is 0 Å². The Bertz CT molecular complexity index is 960. The molecule has 1 aliphatic rings. The molecule has 0 bridgehead atoms. The Morgan fingerprint density at radius 3 is 2.50 bits per heavy atom. The van der Waals surface area contributed by atoms with Gasteiger partial charge >= 0.3 is 12.1 Å². The van der Waals surface area contributed by atoms with E-state index >= 15 is 0 Å². The lowest BCUT2D eigenvalue weighted by Gasteiger charge is -2.17. The molecule has 7 nitrogen and oxygen atoms in total. The van der Waals surface area contributed by atoms with E-state index in [0.717, 1.165) is 31.1 Å². The van der Waals surface area contributed by atoms with Crippen LogP contribution in [0.1, 0.15) is 42.6 Å². The second-order valence-corrected chi connectivity index (χ2v) is 7.15. The summed E-state index contributed by atoms with van der Waals surface area (Å²) in [5.41, 5.74) is -0.951. The number of alkyl halides is 3. The molecular weight excluding hydrogens is 401 g/mol. The molecule has 0 atom stereocenters. The molecule has 1 amide bonds. The van der Waals surface area contributed by atoms with Crippen molar-refractivity contribution in [2.75, 3.05) is 13.1 Å². The summed E-state index contributed by atoms with van der Waals surface area (Å²) in [4.78, 5) is 29.7. The fourth-order valence-electron chi connectivity index (χ4n) is 3.03. The number of likely N-dealkylation sites (tertiary alicyclic amines) is 1. The highest BCUT2D eigenvalue weighted by molar-refractivity contribution is 5.95. The fraction of sp³-hybridized carbons (Fsp3) is 0.400. The largest absolute Gasteiger partial charge is 0.460 e. The van der Waals surface area contributed by atoms with Crippen molar-refractivity contribution in [3.05, 3.63) is 41.7 Å². The smallest absolute Gasteiger partial charge is 0.416 e. The minimum absolute atomic E-state index is 0.00144. The third-order valence-electron chi connectivity index (χ3n) is 4.38. The minimum atomic E-state index is -4.63. The van der Waals surface area contributed by atoms with Crippen molar-refractivity contribution in [1.82, 2.24) is 19.7 Å². The van der Waals surface area contributed by atoms with Gasteiger partial charge in [-0.25, -0.2) is 14.5 Å². The van der Waals surface area contributed by atoms with Crippen LogP contribution in [0.15, 0.2) is 30.6 Å². The lowest BCUT2D eigenvalue weighted by atomic mass is 10.0. The van der Waals surface area contributed by atoms with Gasteiger partial charge in [-0.15, -0.1) is 5.10 Å². The van der Waals surface area contributed by atoms with E-state index in [4.69, 9.17) is 4.74 Å². The summed E-state index contributed by atoms with van der Waals surface area (Å²) in [7, 11) is 0. The number of halogens is 3. The Morgan fingerprint density at radius 2 is 1.87 bits per heavy atom. The van der Waals surface area contributed by atoms with Gasteiger partial charge in [0.15, 0.2) is 5.82 Å². The Morgan fingerprint density at radius 1 is 1.17 bits per heavy atom. The predicted molar refractivity (Wildman–Crippen MR) is 102 cm³/mol. The molecule has 3 rings (SSSR count). The quantitative estimate of drug-likeness (QED) is 0.543. The van der Waals surface area contributed by atoms with E-state index in [1.54, 1.807) is 13.8 Å². The van der Waals surface area contributed by atoms with Crippen molar-refractivity contribution < 1.29 is 27.5 Å². The number of benzene rings is 1. The highest BCUT2D eigenvalue weighted by Crippen LogP contribution is 2.33. The van der Waals surface area contributed by atoms with Crippen LogP contribution in [0.2, 0.25) is 0 Å². The number of hydrogen-bond donors (Lipinski definition) is 0. The summed E-state index contributed by atoms with van der Waals surface area (Å²) >= 11 is 0. The van der Waals surface area contributed by atoms with Gasteiger partial charge in [0, 0.05) is 36.5 Å². The summed E-state index contributed by atoms with van der Waals surface area (Å²) in [5, 5.41) is 4.07. The standard InChI is InChI=1S/C20H21F3N4O3/c1-13(2)30-17(28)5-8-27-12-24-18(25-27)14-9-15(11-16(10-14)20(21,22)23)19(29)26-6-3-4-7-26/h5,8-13H,3-4,6-7H2,1-2H3/b8-5-. The molecule has 1 aromatic heterocycles. The van der Waals surface area contributed by atoms with Gasteiger partial charge < -0.3 is 9.64 Å². The summed E-state index contributed by atoms with van der Waals surface area (Å²) in [6.07, 6.45) is 0.406. The Hall–Kier alpha value is -3.17. The van der Waals surface area contributed by atoms with Crippen molar-refractivity contribution >= 4 is 18.1 Å². The number of hydrogen-bond acceptors (Lipinski definition) is 5. The van der Waals surface area contributed by atoms with Crippen molar-refractivity contribution in [3.63, 3.8) is 0 Å². The number of nitrogens with zero attached hydrogens (tertiary/aromatic N) is 4. The van der Waals surface area contributed by atoms with E-state index in [-0.39, 0.29) is 23.1 Å². The molecule has 2 aromatic rings. The third kappa shape index (κ3) is 5.25. The SMILES string of the molecule is CC(C)OC(=O)/C=C\n1cnc(-c2cc(C(=O)N3CCCC3)cc(C(F)(F)F)c2)n1. The average Bonchev–Trinajstić information content (AvgIpc) is 3.36. The van der Waals surface area contributed by atoms with Gasteiger partial charge in [-0.2, -0.15) is 13.2 Å². The molecule has 0 radical (unpaired) electrons. The van der Waals surface area contributed by atoms with Crippen LogP contribution in [-0.2, 0) is 15.7 Å². The first-order valence-corrected chi connectivity index (χ1v) is 9.45. The fourth-order valence-corrected chi connectivity index (χ4v) is 3.03. The van der Waals surface area contributed by atoms with E-state index in [1.807, 2.05) is 0 Å². The summed E-state index contributed by atoms with van der Waals surface area (Å²) in [6, 6.07) is 3.10. The van der Waals surface area contributed by atoms with E-state index in [2.05, 4.69) is 10.1 Å². The maximum absolute atomic E-state index is 13.4. The molecule has 2 heterocycles. The maximum atomic E-state index is 13.4. The monoisotopic (exact) mass is 422 g/mol. The molecule has 1 aliphatic heterocycles. The maximum Gasteiger partial charge on any atom is 0.416 e. The summed E-state index contributed by atoms with van der Waals surface area (Å²) < 4.78 is 46.3. The van der Waals surface area contributed by atoms with E-state index in [0.29, 0.717) is 13.1 Å². The zero-order chi connectivity index (χ0) is 21.9. The molecule has 160 valence electrons. The predicted octanol–water partition coefficient (Wildman–Crippen LogP) is 3.62. The van der Waals surface area contributed by atoms with Crippen molar-refractivity contribution in [3.8, 4) is 11.4 Å². The normalized spacial score (nSPS) is 14.7. The average molecular weight is 422 g/mol. The van der Waals surface area contributed by atoms with E-state index < -0.39 is 23.6 Å². The topological polar surface area (TPSA) is 77.3 Å². The van der Waals surface area contributed by atoms with E-state index in [1.165, 1.54) is 28.2 Å². The number of rotatable bonds is 5. The number of esters is 1. The minimum Gasteiger partial charge on any atom is -0.460 e. The summed E-state index contributed by atoms with van der Waals surface area (Å²) in [5.74, 6) is -1.03. The molecule has 0 N–H and O–H groups in total. The zero-order valence-electron chi connectivity index (χ0n) is 16.5. The van der Waals surface area contributed by atoms with Crippen molar-refractivity contribution in [1.29, 1.82) is 0 Å². The van der Waals surface area contributed by atoms with Crippen LogP contribution in [0.4, 0.5) is 13.2 Å². The van der Waals surface area contributed by atoms with Gasteiger partial charge in [0.25, 0.3) is 5.91 Å². The van der Waals surface area contributed by atoms with Crippen molar-refractivity contribution in [2.45, 2.75) is 39.0 Å². The third-order valence-corrected chi connectivity index (χ3v) is 4.38. The molecule has 1 fully saturated rings. The number of ether oxygens (including phenoxy) is 1. The van der Waals surface area contributed by atoms with Crippen LogP contribution in [0.3, 0.4) is 0 Å². The van der Waals surface area contributed by atoms with Gasteiger partial charge in [-0.1, -0.05) is 0 Å². The lowest BCUT2D eigenvalue weighted by molar-refractivity contribution is -0.141. The molecule has 10 heteroatoms. The number of carbonyl (C=O) groups is 2. The first-order chi connectivity index (χ1) is 14.1. The second kappa shape index (κ2) is 8.68. The second-order valence-electron chi connectivity index (χ2n) is 7.15. The van der Waals surface area contributed by atoms with Crippen LogP contribution in [0.25, 0.3) is 17.6 Å². The molecule has 0 aliphatic carbocycles. The molecule has 0 saturated carbocycles. The highest BCUT2D eigenvalue weighted by Gasteiger charge is 2.33. The van der Waals surface area contributed by atoms with Gasteiger partial charge in [-0.3, -0.25) is 4.79 Å². The number of carbonyl (C=O) groups excluding carboxylic acids is 2. The van der Waals surface area contributed by atoms with Crippen LogP contribution in [-0.4, -0.2) is 50.7 Å². The molecule has 30 heavy (non-hydrogen) atoms. The lowest BCUT2D eigenvalue weighted by Crippen LogP contribution is -2.28. The molecular formula is C20H21F3N4O3. The van der Waals surface area contributed by atoms with Crippen LogP contribution in [0.5, 0.6) is 0 Å². The molecule has 0 unspecified atom stereocenters. The van der Waals surface area contributed by atoms with E-state index in [9.17, 15) is 22.8 Å². The van der Waals surface area contributed by atoms with Crippen LogP contribution < -0.4 is 0 Å². The van der Waals surface area contributed by atoms with Gasteiger partial charge in [-0.05, 0) is 44.9 Å². The van der Waals surface area contributed by atoms with Crippen molar-refractivity contribution in [2.24, 2.45) is 0 Å². The molecule has 1 saturated heterocycles. The van der Waals surface area contributed by atoms with Crippen LogP contribution >= 0.6 is 0 Å². The molecule has 1 aromatic carbocycles. The van der Waals surface area contributed by atoms with Gasteiger partial charge in [0.1, 0.15) is 6.33 Å².